The standard InChI is InChI=1S/C19H17ClN2O4S/c20-14-7-9-15(10-8-14)26-19(23)13-4-3-11-22(12-13)18-16-5-1-2-6-17(16)27(24,25)21-18/h1-2,5-10,13H,3-4,11-12H2. The summed E-state index contributed by atoms with van der Waals surface area (Å²) in [6.07, 6.45) is 1.44. The molecule has 0 bridgehead atoms. The van der Waals surface area contributed by atoms with Crippen LogP contribution >= 0.6 is 11.6 Å². The summed E-state index contributed by atoms with van der Waals surface area (Å²) in [5, 5.41) is 0.567. The monoisotopic (exact) mass is 404 g/mol. The molecule has 0 radical (unpaired) electrons. The number of piperidine rings is 1. The summed E-state index contributed by atoms with van der Waals surface area (Å²) >= 11 is 5.84. The Morgan fingerprint density at radius 2 is 1.89 bits per heavy atom. The van der Waals surface area contributed by atoms with Gasteiger partial charge in [0.1, 0.15) is 10.6 Å². The molecular weight excluding hydrogens is 388 g/mol. The van der Waals surface area contributed by atoms with Crippen molar-refractivity contribution in [3.8, 4) is 5.75 Å². The lowest BCUT2D eigenvalue weighted by Crippen LogP contribution is -2.43. The van der Waals surface area contributed by atoms with Gasteiger partial charge in [0.15, 0.2) is 5.84 Å². The summed E-state index contributed by atoms with van der Waals surface area (Å²) in [4.78, 5) is 14.6. The molecule has 0 amide bonds. The highest BCUT2D eigenvalue weighted by molar-refractivity contribution is 7.90. The van der Waals surface area contributed by atoms with Gasteiger partial charge in [0.25, 0.3) is 10.0 Å². The van der Waals surface area contributed by atoms with Gasteiger partial charge in [-0.2, -0.15) is 8.42 Å². The van der Waals surface area contributed by atoms with E-state index in [-0.39, 0.29) is 16.8 Å². The Hall–Kier alpha value is -2.38. The van der Waals surface area contributed by atoms with Gasteiger partial charge in [0.05, 0.1) is 5.92 Å². The lowest BCUT2D eigenvalue weighted by molar-refractivity contribution is -0.140. The third-order valence-corrected chi connectivity index (χ3v) is 6.28. The molecule has 0 N–H and O–H groups in total. The van der Waals surface area contributed by atoms with E-state index in [1.54, 1.807) is 48.5 Å². The maximum atomic E-state index is 12.5. The Morgan fingerprint density at radius 3 is 2.67 bits per heavy atom. The van der Waals surface area contributed by atoms with Crippen LogP contribution in [0, 0.1) is 5.92 Å². The number of rotatable bonds is 2. The predicted molar refractivity (Wildman–Crippen MR) is 102 cm³/mol. The number of fused-ring (bicyclic) bond motifs is 1. The van der Waals surface area contributed by atoms with Crippen molar-refractivity contribution in [1.82, 2.24) is 4.90 Å². The van der Waals surface area contributed by atoms with Crippen molar-refractivity contribution in [2.75, 3.05) is 13.1 Å². The van der Waals surface area contributed by atoms with E-state index in [4.69, 9.17) is 16.3 Å². The molecule has 0 spiro atoms. The van der Waals surface area contributed by atoms with Crippen LogP contribution < -0.4 is 4.74 Å². The number of likely N-dealkylation sites (tertiary alicyclic amines) is 1. The van der Waals surface area contributed by atoms with Gasteiger partial charge in [-0.15, -0.1) is 4.40 Å². The molecule has 2 aromatic carbocycles. The SMILES string of the molecule is O=C(Oc1ccc(Cl)cc1)C1CCCN(C2=NS(=O)(=O)c3ccccc32)C1. The Kier molecular flexibility index (Phi) is 4.65. The Bertz CT molecular complexity index is 1020. The van der Waals surface area contributed by atoms with E-state index in [1.165, 1.54) is 0 Å². The van der Waals surface area contributed by atoms with Crippen molar-refractivity contribution < 1.29 is 17.9 Å². The molecule has 1 atom stereocenters. The molecule has 140 valence electrons. The number of benzene rings is 2. The third-order valence-electron chi connectivity index (χ3n) is 4.70. The molecule has 4 rings (SSSR count). The number of carbonyl (C=O) groups excluding carboxylic acids is 1. The van der Waals surface area contributed by atoms with Crippen molar-refractivity contribution in [3.63, 3.8) is 0 Å². The minimum atomic E-state index is -3.68. The second kappa shape index (κ2) is 6.98. The molecule has 1 fully saturated rings. The summed E-state index contributed by atoms with van der Waals surface area (Å²) < 4.78 is 33.9. The molecular formula is C19H17ClN2O4S. The number of hydrogen-bond donors (Lipinski definition) is 0. The van der Waals surface area contributed by atoms with Gasteiger partial charge < -0.3 is 9.64 Å². The minimum Gasteiger partial charge on any atom is -0.426 e. The fraction of sp³-hybridized carbons (Fsp3) is 0.263. The smallest absolute Gasteiger partial charge is 0.316 e. The van der Waals surface area contributed by atoms with Gasteiger partial charge in [0.2, 0.25) is 0 Å². The number of ether oxygens (including phenoxy) is 1. The molecule has 2 aliphatic heterocycles. The Labute approximate surface area is 162 Å². The van der Waals surface area contributed by atoms with E-state index < -0.39 is 10.0 Å². The van der Waals surface area contributed by atoms with Crippen molar-refractivity contribution in [3.05, 3.63) is 59.1 Å². The van der Waals surface area contributed by atoms with Crippen LogP contribution in [-0.4, -0.2) is 38.2 Å². The van der Waals surface area contributed by atoms with Gasteiger partial charge in [0, 0.05) is 23.7 Å². The van der Waals surface area contributed by atoms with Crippen LogP contribution in [0.3, 0.4) is 0 Å². The summed E-state index contributed by atoms with van der Waals surface area (Å²) in [7, 11) is -3.68. The van der Waals surface area contributed by atoms with E-state index in [1.807, 2.05) is 4.90 Å². The summed E-state index contributed by atoms with van der Waals surface area (Å²) in [6.45, 7) is 1.02. The van der Waals surface area contributed by atoms with Crippen LogP contribution in [0.4, 0.5) is 0 Å². The highest BCUT2D eigenvalue weighted by Crippen LogP contribution is 2.30. The maximum absolute atomic E-state index is 12.5. The normalized spacial score (nSPS) is 20.7. The summed E-state index contributed by atoms with van der Waals surface area (Å²) in [5.74, 6) is 0.159. The average Bonchev–Trinajstić information content (AvgIpc) is 2.95. The minimum absolute atomic E-state index is 0.214. The van der Waals surface area contributed by atoms with E-state index in [0.717, 1.165) is 6.42 Å². The zero-order valence-corrected chi connectivity index (χ0v) is 15.9. The van der Waals surface area contributed by atoms with Gasteiger partial charge in [-0.1, -0.05) is 23.7 Å². The maximum Gasteiger partial charge on any atom is 0.316 e. The largest absolute Gasteiger partial charge is 0.426 e. The molecule has 8 heteroatoms. The van der Waals surface area contributed by atoms with E-state index in [9.17, 15) is 13.2 Å². The highest BCUT2D eigenvalue weighted by Gasteiger charge is 2.35. The number of carbonyl (C=O) groups is 1. The lowest BCUT2D eigenvalue weighted by Gasteiger charge is -2.32. The Morgan fingerprint density at radius 1 is 1.15 bits per heavy atom. The van der Waals surface area contributed by atoms with Crippen molar-refractivity contribution >= 4 is 33.4 Å². The molecule has 0 saturated carbocycles. The number of esters is 1. The number of hydrogen-bond acceptors (Lipinski definition) is 5. The van der Waals surface area contributed by atoms with E-state index in [0.29, 0.717) is 41.7 Å². The van der Waals surface area contributed by atoms with Gasteiger partial charge in [-0.25, -0.2) is 0 Å². The molecule has 0 aliphatic carbocycles. The summed E-state index contributed by atoms with van der Waals surface area (Å²) in [5.41, 5.74) is 0.587. The second-order valence-corrected chi connectivity index (χ2v) is 8.56. The van der Waals surface area contributed by atoms with Crippen LogP contribution in [0.15, 0.2) is 57.8 Å². The summed E-state index contributed by atoms with van der Waals surface area (Å²) in [6, 6.07) is 13.4. The first kappa shape index (κ1) is 18.0. The first-order valence-electron chi connectivity index (χ1n) is 8.60. The van der Waals surface area contributed by atoms with Crippen LogP contribution in [-0.2, 0) is 14.8 Å². The molecule has 2 heterocycles. The van der Waals surface area contributed by atoms with Crippen LogP contribution in [0.25, 0.3) is 0 Å². The van der Waals surface area contributed by atoms with Crippen LogP contribution in [0.2, 0.25) is 5.02 Å². The van der Waals surface area contributed by atoms with Gasteiger partial charge in [-0.05, 0) is 49.2 Å². The topological polar surface area (TPSA) is 76.0 Å². The quantitative estimate of drug-likeness (QED) is 0.567. The van der Waals surface area contributed by atoms with Gasteiger partial charge in [-0.3, -0.25) is 4.79 Å². The molecule has 1 unspecified atom stereocenters. The number of halogens is 1. The molecule has 1 saturated heterocycles. The van der Waals surface area contributed by atoms with E-state index >= 15 is 0 Å². The van der Waals surface area contributed by atoms with Crippen molar-refractivity contribution in [2.24, 2.45) is 10.3 Å². The first-order chi connectivity index (χ1) is 12.9. The highest BCUT2D eigenvalue weighted by atomic mass is 35.5. The average molecular weight is 405 g/mol. The van der Waals surface area contributed by atoms with Crippen LogP contribution in [0.5, 0.6) is 5.75 Å². The second-order valence-electron chi connectivity index (χ2n) is 6.55. The fourth-order valence-electron chi connectivity index (χ4n) is 3.38. The van der Waals surface area contributed by atoms with Crippen molar-refractivity contribution in [2.45, 2.75) is 17.7 Å². The lowest BCUT2D eigenvalue weighted by atomic mass is 9.97. The fourth-order valence-corrected chi connectivity index (χ4v) is 4.73. The zero-order valence-electron chi connectivity index (χ0n) is 14.3. The Balaban J connectivity index is 1.52. The predicted octanol–water partition coefficient (Wildman–Crippen LogP) is 3.11. The molecule has 6 nitrogen and oxygen atoms in total. The molecule has 0 aromatic heterocycles. The molecule has 2 aliphatic rings. The molecule has 2 aromatic rings. The number of sulfonamides is 1. The van der Waals surface area contributed by atoms with Crippen LogP contribution in [0.1, 0.15) is 18.4 Å². The number of amidine groups is 1. The van der Waals surface area contributed by atoms with E-state index in [2.05, 4.69) is 4.40 Å². The third kappa shape index (κ3) is 3.57. The van der Waals surface area contributed by atoms with Crippen molar-refractivity contribution in [1.29, 1.82) is 0 Å². The molecule has 27 heavy (non-hydrogen) atoms. The number of nitrogens with zero attached hydrogens (tertiary/aromatic N) is 2. The zero-order chi connectivity index (χ0) is 19.0. The van der Waals surface area contributed by atoms with Gasteiger partial charge >= 0.3 is 5.97 Å². The first-order valence-corrected chi connectivity index (χ1v) is 10.4.